The first-order valence-corrected chi connectivity index (χ1v) is 10.9. The quantitative estimate of drug-likeness (QED) is 0.394. The third-order valence-corrected chi connectivity index (χ3v) is 5.97. The van der Waals surface area contributed by atoms with Crippen molar-refractivity contribution < 1.29 is 9.53 Å². The molecule has 3 heterocycles. The molecular formula is C23H23B2N7O2. The van der Waals surface area contributed by atoms with Crippen molar-refractivity contribution in [3.8, 4) is 11.9 Å². The van der Waals surface area contributed by atoms with Gasteiger partial charge >= 0.3 is 5.97 Å². The van der Waals surface area contributed by atoms with Gasteiger partial charge in [0.05, 0.1) is 28.4 Å². The van der Waals surface area contributed by atoms with E-state index in [0.29, 0.717) is 55.1 Å². The molecule has 2 N–H and O–H groups in total. The van der Waals surface area contributed by atoms with E-state index in [1.807, 2.05) is 26.1 Å². The van der Waals surface area contributed by atoms with E-state index >= 15 is 0 Å². The number of hydrogen-bond donors (Lipinski definition) is 1. The fraction of sp³-hybridized carbons (Fsp3) is 0.348. The molecule has 11 heteroatoms. The minimum atomic E-state index is -1.61. The first-order valence-electron chi connectivity index (χ1n) is 10.9. The summed E-state index contributed by atoms with van der Waals surface area (Å²) in [6.45, 7) is 6.17. The van der Waals surface area contributed by atoms with Gasteiger partial charge in [-0.3, -0.25) is 4.90 Å². The second-order valence-corrected chi connectivity index (χ2v) is 8.39. The highest BCUT2D eigenvalue weighted by molar-refractivity contribution is 6.41. The summed E-state index contributed by atoms with van der Waals surface area (Å²) in [5.41, 5.74) is 10.8. The van der Waals surface area contributed by atoms with Crippen LogP contribution in [0.4, 0.5) is 0 Å². The predicted molar refractivity (Wildman–Crippen MR) is 126 cm³/mol. The average molecular weight is 451 g/mol. The van der Waals surface area contributed by atoms with Crippen LogP contribution >= 0.6 is 0 Å². The molecule has 4 radical (unpaired) electrons. The van der Waals surface area contributed by atoms with Crippen LogP contribution in [0.1, 0.15) is 43.9 Å². The summed E-state index contributed by atoms with van der Waals surface area (Å²) >= 11 is 0. The van der Waals surface area contributed by atoms with Crippen molar-refractivity contribution in [2.24, 2.45) is 5.73 Å². The van der Waals surface area contributed by atoms with Crippen LogP contribution in [0, 0.1) is 25.2 Å². The number of benzene rings is 1. The zero-order valence-corrected chi connectivity index (χ0v) is 19.2. The third kappa shape index (κ3) is 4.60. The summed E-state index contributed by atoms with van der Waals surface area (Å²) in [6.07, 6.45) is 4.05. The van der Waals surface area contributed by atoms with E-state index in [-0.39, 0.29) is 0 Å². The zero-order valence-electron chi connectivity index (χ0n) is 19.2. The van der Waals surface area contributed by atoms with Gasteiger partial charge in [-0.25, -0.2) is 14.5 Å². The molecule has 4 rings (SSSR count). The number of nitrogens with zero attached hydrogens (tertiary/aromatic N) is 6. The molecule has 0 bridgehead atoms. The smallest absolute Gasteiger partial charge is 0.337 e. The highest BCUT2D eigenvalue weighted by Crippen LogP contribution is 2.35. The molecule has 0 spiro atoms. The fourth-order valence-electron chi connectivity index (χ4n) is 4.19. The lowest BCUT2D eigenvalue weighted by molar-refractivity contribution is 0.0444. The molecular weight excluding hydrogens is 428 g/mol. The summed E-state index contributed by atoms with van der Waals surface area (Å²) in [5.74, 6) is 0.0904. The molecule has 168 valence electrons. The Morgan fingerprint density at radius 3 is 2.79 bits per heavy atom. The van der Waals surface area contributed by atoms with Crippen molar-refractivity contribution in [1.82, 2.24) is 24.9 Å². The van der Waals surface area contributed by atoms with Gasteiger partial charge in [0.15, 0.2) is 5.82 Å². The Morgan fingerprint density at radius 2 is 2.09 bits per heavy atom. The van der Waals surface area contributed by atoms with Crippen LogP contribution in [0.25, 0.3) is 5.82 Å². The average Bonchev–Trinajstić information content (AvgIpc) is 3.34. The maximum absolute atomic E-state index is 12.0. The van der Waals surface area contributed by atoms with Gasteiger partial charge in [-0.05, 0) is 54.7 Å². The van der Waals surface area contributed by atoms with E-state index in [1.165, 1.54) is 6.20 Å². The zero-order chi connectivity index (χ0) is 24.5. The number of nitriles is 1. The molecule has 0 saturated carbocycles. The van der Waals surface area contributed by atoms with E-state index in [2.05, 4.69) is 26.3 Å². The predicted octanol–water partition coefficient (Wildman–Crippen LogP) is 0.772. The molecule has 2 aromatic heterocycles. The van der Waals surface area contributed by atoms with Crippen molar-refractivity contribution in [1.29, 1.82) is 5.26 Å². The maximum Gasteiger partial charge on any atom is 0.337 e. The van der Waals surface area contributed by atoms with Crippen LogP contribution in [0.5, 0.6) is 0 Å². The molecule has 0 fully saturated rings. The Morgan fingerprint density at radius 1 is 1.29 bits per heavy atom. The molecule has 0 amide bonds. The van der Waals surface area contributed by atoms with Crippen LogP contribution in [-0.4, -0.2) is 66.2 Å². The Bertz CT molecular complexity index is 1280. The lowest BCUT2D eigenvalue weighted by Gasteiger charge is -2.24. The SMILES string of the molecule is [B]C1([B])OC(=O)c2ccc(CCN(CCN)Cc3cn(-c4cc(C)c(C#N)cn4)nn3)c(C)c21. The number of hydrogen-bond acceptors (Lipinski definition) is 8. The van der Waals surface area contributed by atoms with Crippen molar-refractivity contribution in [3.63, 3.8) is 0 Å². The minimum absolute atomic E-state index is 0.410. The Kier molecular flexibility index (Phi) is 6.55. The van der Waals surface area contributed by atoms with Gasteiger partial charge in [0.2, 0.25) is 0 Å². The van der Waals surface area contributed by atoms with Crippen molar-refractivity contribution in [2.75, 3.05) is 19.6 Å². The molecule has 1 aliphatic rings. The normalized spacial score (nSPS) is 14.1. The number of esters is 1. The molecule has 34 heavy (non-hydrogen) atoms. The monoisotopic (exact) mass is 451 g/mol. The number of ether oxygens (including phenoxy) is 1. The van der Waals surface area contributed by atoms with Crippen molar-refractivity contribution in [2.45, 2.75) is 32.2 Å². The standard InChI is InChI=1S/C23H23B2N7O2/c1-14-9-20(28-11-17(14)10-27)32-13-18(29-30-32)12-31(8-6-26)7-5-16-3-4-19-21(15(16)2)23(24,25)34-22(19)33/h3-4,9,11,13H,5-8,12,26H2,1-2H3. The summed E-state index contributed by atoms with van der Waals surface area (Å²) in [4.78, 5) is 18.5. The van der Waals surface area contributed by atoms with Crippen LogP contribution < -0.4 is 5.73 Å². The van der Waals surface area contributed by atoms with Gasteiger partial charge in [0.25, 0.3) is 0 Å². The second kappa shape index (κ2) is 9.41. The Labute approximate surface area is 200 Å². The highest BCUT2D eigenvalue weighted by Gasteiger charge is 2.38. The second-order valence-electron chi connectivity index (χ2n) is 8.39. The summed E-state index contributed by atoms with van der Waals surface area (Å²) in [7, 11) is 12.0. The molecule has 3 aromatic rings. The topological polar surface area (TPSA) is 123 Å². The first kappa shape index (κ1) is 23.7. The van der Waals surface area contributed by atoms with Gasteiger partial charge < -0.3 is 10.5 Å². The van der Waals surface area contributed by atoms with Crippen molar-refractivity contribution in [3.05, 3.63) is 69.7 Å². The summed E-state index contributed by atoms with van der Waals surface area (Å²) in [6, 6.07) is 7.53. The van der Waals surface area contributed by atoms with E-state index in [4.69, 9.17) is 31.4 Å². The Hall–Kier alpha value is -3.48. The summed E-state index contributed by atoms with van der Waals surface area (Å²) < 4.78 is 6.70. The lowest BCUT2D eigenvalue weighted by Crippen LogP contribution is -2.31. The number of cyclic esters (lactones) is 1. The minimum Gasteiger partial charge on any atom is -0.471 e. The number of aryl methyl sites for hydroxylation is 1. The van der Waals surface area contributed by atoms with Gasteiger partial charge in [-0.1, -0.05) is 11.3 Å². The van der Waals surface area contributed by atoms with E-state index in [9.17, 15) is 4.79 Å². The molecule has 1 aliphatic heterocycles. The number of fused-ring (bicyclic) bond motifs is 1. The van der Waals surface area contributed by atoms with Crippen molar-refractivity contribution >= 4 is 21.7 Å². The molecule has 9 nitrogen and oxygen atoms in total. The lowest BCUT2D eigenvalue weighted by atomic mass is 9.60. The third-order valence-electron chi connectivity index (χ3n) is 5.97. The van der Waals surface area contributed by atoms with Gasteiger partial charge in [0.1, 0.15) is 21.8 Å². The van der Waals surface area contributed by atoms with Gasteiger partial charge in [-0.2, -0.15) is 5.26 Å². The number of carbonyl (C=O) groups is 1. The first-order chi connectivity index (χ1) is 16.2. The van der Waals surface area contributed by atoms with E-state index in [0.717, 1.165) is 22.4 Å². The molecule has 0 saturated heterocycles. The maximum atomic E-state index is 12.0. The fourth-order valence-corrected chi connectivity index (χ4v) is 4.19. The molecule has 0 unspecified atom stereocenters. The summed E-state index contributed by atoms with van der Waals surface area (Å²) in [5, 5.41) is 15.9. The van der Waals surface area contributed by atoms with Crippen LogP contribution in [0.2, 0.25) is 0 Å². The highest BCUT2D eigenvalue weighted by atomic mass is 16.6. The number of aromatic nitrogens is 4. The Balaban J connectivity index is 1.47. The van der Waals surface area contributed by atoms with Crippen LogP contribution in [0.15, 0.2) is 30.6 Å². The molecule has 1 aromatic carbocycles. The number of nitrogens with two attached hydrogens (primary N) is 1. The van der Waals surface area contributed by atoms with Crippen LogP contribution in [-0.2, 0) is 23.1 Å². The largest absolute Gasteiger partial charge is 0.471 e. The number of rotatable bonds is 8. The molecule has 0 aliphatic carbocycles. The van der Waals surface area contributed by atoms with Gasteiger partial charge in [0, 0.05) is 32.4 Å². The van der Waals surface area contributed by atoms with Crippen LogP contribution in [0.3, 0.4) is 0 Å². The molecule has 0 atom stereocenters. The van der Waals surface area contributed by atoms with E-state index < -0.39 is 11.4 Å². The van der Waals surface area contributed by atoms with Gasteiger partial charge in [-0.15, -0.1) is 5.10 Å². The van der Waals surface area contributed by atoms with E-state index in [1.54, 1.807) is 16.8 Å². The number of pyridine rings is 1. The number of carbonyl (C=O) groups excluding carboxylic acids is 1.